The van der Waals surface area contributed by atoms with Crippen LogP contribution >= 0.6 is 0 Å². The van der Waals surface area contributed by atoms with E-state index in [0.717, 1.165) is 6.42 Å². The molecule has 0 saturated heterocycles. The largest absolute Gasteiger partial charge is 0.334 e. The Kier molecular flexibility index (Phi) is 10.4. The van der Waals surface area contributed by atoms with E-state index in [4.69, 9.17) is 0 Å². The maximum absolute atomic E-state index is 4.35. The van der Waals surface area contributed by atoms with E-state index in [-0.39, 0.29) is 39.3 Å². The van der Waals surface area contributed by atoms with Crippen LogP contribution < -0.4 is 31.1 Å². The molecule has 2 atom stereocenters. The fourth-order valence-electron chi connectivity index (χ4n) is 12.7. The zero-order valence-corrected chi connectivity index (χ0v) is 44.5. The molecule has 4 nitrogen and oxygen atoms in total. The Morgan fingerprint density at radius 2 is 0.943 bits per heavy atom. The normalized spacial score (nSPS) is 19.6. The first kappa shape index (κ1) is 46.3. The van der Waals surface area contributed by atoms with Crippen molar-refractivity contribution in [1.82, 2.24) is 4.98 Å². The summed E-state index contributed by atoms with van der Waals surface area (Å²) in [5.74, 6) is 0. The lowest BCUT2D eigenvalue weighted by Crippen LogP contribution is -2.61. The summed E-state index contributed by atoms with van der Waals surface area (Å²) in [6, 6.07) is 50.5. The van der Waals surface area contributed by atoms with E-state index >= 15 is 0 Å². The van der Waals surface area contributed by atoms with E-state index in [1.807, 2.05) is 12.4 Å². The number of anilines is 8. The molecule has 4 aliphatic rings. The van der Waals surface area contributed by atoms with Crippen molar-refractivity contribution in [3.05, 3.63) is 168 Å². The molecule has 0 bridgehead atoms. The fourth-order valence-corrected chi connectivity index (χ4v) is 12.7. The molecule has 7 aromatic rings. The maximum atomic E-state index is 4.35. The van der Waals surface area contributed by atoms with Crippen LogP contribution in [-0.4, -0.2) is 17.2 Å². The predicted molar refractivity (Wildman–Crippen MR) is 301 cm³/mol. The zero-order chi connectivity index (χ0) is 49.5. The van der Waals surface area contributed by atoms with Gasteiger partial charge in [-0.1, -0.05) is 151 Å². The molecule has 0 N–H and O–H groups in total. The number of fused-ring (bicyclic) bond motifs is 7. The van der Waals surface area contributed by atoms with Gasteiger partial charge in [0.15, 0.2) is 0 Å². The van der Waals surface area contributed by atoms with E-state index in [9.17, 15) is 0 Å². The van der Waals surface area contributed by atoms with Gasteiger partial charge in [0, 0.05) is 63.3 Å². The van der Waals surface area contributed by atoms with Crippen molar-refractivity contribution in [2.45, 2.75) is 155 Å². The molecule has 11 rings (SSSR count). The fraction of sp³-hybridized carbons (Fsp3) is 0.369. The van der Waals surface area contributed by atoms with Gasteiger partial charge in [0.2, 0.25) is 0 Å². The lowest BCUT2D eigenvalue weighted by Gasteiger charge is -2.50. The van der Waals surface area contributed by atoms with E-state index in [0.29, 0.717) is 0 Å². The quantitative estimate of drug-likeness (QED) is 0.164. The Balaban J connectivity index is 1.20. The van der Waals surface area contributed by atoms with Gasteiger partial charge in [0.05, 0.1) is 5.54 Å². The number of hydrogen-bond donors (Lipinski definition) is 0. The van der Waals surface area contributed by atoms with Crippen LogP contribution in [0.1, 0.15) is 150 Å². The van der Waals surface area contributed by atoms with Gasteiger partial charge < -0.3 is 14.7 Å². The lowest BCUT2D eigenvalue weighted by molar-refractivity contribution is 0.195. The minimum absolute atomic E-state index is 0.0138. The average Bonchev–Trinajstić information content (AvgIpc) is 3.52. The summed E-state index contributed by atoms with van der Waals surface area (Å²) in [5, 5.41) is 0. The van der Waals surface area contributed by atoms with Crippen molar-refractivity contribution in [2.75, 3.05) is 14.7 Å². The van der Waals surface area contributed by atoms with Crippen LogP contribution in [0.2, 0.25) is 0 Å². The van der Waals surface area contributed by atoms with Crippen LogP contribution in [-0.2, 0) is 27.1 Å². The molecule has 2 unspecified atom stereocenters. The highest BCUT2D eigenvalue weighted by atomic mass is 15.3. The van der Waals surface area contributed by atoms with E-state index in [1.165, 1.54) is 120 Å². The van der Waals surface area contributed by atoms with Crippen molar-refractivity contribution in [3.8, 4) is 11.1 Å². The molecule has 3 aliphatic heterocycles. The van der Waals surface area contributed by atoms with Gasteiger partial charge in [-0.2, -0.15) is 0 Å². The molecule has 0 radical (unpaired) electrons. The summed E-state index contributed by atoms with van der Waals surface area (Å²) in [4.78, 5) is 12.3. The Morgan fingerprint density at radius 3 is 1.51 bits per heavy atom. The van der Waals surface area contributed by atoms with Crippen molar-refractivity contribution >= 4 is 68.6 Å². The summed E-state index contributed by atoms with van der Waals surface area (Å²) in [6.07, 6.45) is 8.60. The molecular formula is C65H73BN4. The highest BCUT2D eigenvalue weighted by Gasteiger charge is 2.58. The van der Waals surface area contributed by atoms with Gasteiger partial charge in [-0.05, 0) is 176 Å². The number of pyridine rings is 1. The Labute approximate surface area is 420 Å². The van der Waals surface area contributed by atoms with Gasteiger partial charge >= 0.3 is 0 Å². The lowest BCUT2D eigenvalue weighted by atomic mass is 9.33. The first-order valence-electron chi connectivity index (χ1n) is 26.1. The standard InChI is InChI=1S/C65H73BN4/c1-60(2,3)44-18-23-48(24-19-44)68-55-30-22-46(62(7,8)9)38-53(55)66-52-28-27-50(70-54-29-17-43(42-31-35-67-36-32-42)37-51(54)64(13)33-15-16-34-65(64,70)14)41-56(52)69(49-25-20-45(21-26-49)61(4,5)6)58-40-47(63(10,11)12)39-57(68)59(58)66/h17-32,35-41H,15-16,33-34H2,1-14H3. The van der Waals surface area contributed by atoms with Gasteiger partial charge in [-0.3, -0.25) is 4.98 Å². The van der Waals surface area contributed by atoms with Crippen LogP contribution in [0.3, 0.4) is 0 Å². The maximum Gasteiger partial charge on any atom is 0.252 e. The molecule has 70 heavy (non-hydrogen) atoms. The van der Waals surface area contributed by atoms with Gasteiger partial charge in [0.25, 0.3) is 6.71 Å². The molecule has 1 aliphatic carbocycles. The predicted octanol–water partition coefficient (Wildman–Crippen LogP) is 15.8. The van der Waals surface area contributed by atoms with Crippen molar-refractivity contribution in [3.63, 3.8) is 0 Å². The van der Waals surface area contributed by atoms with Gasteiger partial charge in [-0.25, -0.2) is 0 Å². The second-order valence-corrected chi connectivity index (χ2v) is 25.8. The second kappa shape index (κ2) is 15.7. The first-order chi connectivity index (χ1) is 33.0. The third kappa shape index (κ3) is 7.18. The van der Waals surface area contributed by atoms with Gasteiger partial charge in [0.1, 0.15) is 0 Å². The monoisotopic (exact) mass is 921 g/mol. The van der Waals surface area contributed by atoms with Crippen molar-refractivity contribution in [1.29, 1.82) is 0 Å². The zero-order valence-electron chi connectivity index (χ0n) is 44.5. The summed E-state index contributed by atoms with van der Waals surface area (Å²) >= 11 is 0. The molecular weight excluding hydrogens is 848 g/mol. The number of rotatable bonds is 4. The molecule has 5 heteroatoms. The molecule has 0 spiro atoms. The first-order valence-corrected chi connectivity index (χ1v) is 26.1. The average molecular weight is 921 g/mol. The van der Waals surface area contributed by atoms with Crippen LogP contribution in [0.4, 0.5) is 45.5 Å². The molecule has 1 fully saturated rings. The topological polar surface area (TPSA) is 22.6 Å². The molecule has 356 valence electrons. The Hall–Kier alpha value is -6.07. The second-order valence-electron chi connectivity index (χ2n) is 25.8. The highest BCUT2D eigenvalue weighted by molar-refractivity contribution is 7.00. The van der Waals surface area contributed by atoms with Crippen molar-refractivity contribution in [2.24, 2.45) is 0 Å². The molecule has 4 heterocycles. The van der Waals surface area contributed by atoms with E-state index < -0.39 is 0 Å². The molecule has 6 aromatic carbocycles. The van der Waals surface area contributed by atoms with E-state index in [1.54, 1.807) is 0 Å². The van der Waals surface area contributed by atoms with Crippen LogP contribution in [0.5, 0.6) is 0 Å². The van der Waals surface area contributed by atoms with Crippen LogP contribution in [0, 0.1) is 0 Å². The minimum atomic E-state index is -0.114. The Bertz CT molecular complexity index is 3180. The third-order valence-electron chi connectivity index (χ3n) is 17.1. The number of nitrogens with zero attached hydrogens (tertiary/aromatic N) is 4. The SMILES string of the molecule is CC(C)(C)c1ccc(N2c3ccc(C(C)(C)C)cc3B3c4ccc(N5c6ccc(-c7ccncc7)cc6C6(C)CCCCC56C)cc4N(c4ccc(C(C)(C)C)cc4)c4cc(C(C)(C)C)cc2c43)cc1. The minimum Gasteiger partial charge on any atom is -0.334 e. The number of benzene rings is 6. The smallest absolute Gasteiger partial charge is 0.252 e. The molecule has 1 aromatic heterocycles. The third-order valence-corrected chi connectivity index (χ3v) is 17.1. The highest BCUT2D eigenvalue weighted by Crippen LogP contribution is 2.62. The Morgan fingerprint density at radius 1 is 0.429 bits per heavy atom. The van der Waals surface area contributed by atoms with E-state index in [2.05, 4.69) is 244 Å². The number of aromatic nitrogens is 1. The van der Waals surface area contributed by atoms with Crippen LogP contribution in [0.25, 0.3) is 11.1 Å². The molecule has 0 amide bonds. The summed E-state index contributed by atoms with van der Waals surface area (Å²) in [6.45, 7) is 33.2. The van der Waals surface area contributed by atoms with Crippen molar-refractivity contribution < 1.29 is 0 Å². The number of hydrogen-bond acceptors (Lipinski definition) is 4. The van der Waals surface area contributed by atoms with Crippen LogP contribution in [0.15, 0.2) is 140 Å². The summed E-state index contributed by atoms with van der Waals surface area (Å²) in [5.41, 5.74) is 23.2. The summed E-state index contributed by atoms with van der Waals surface area (Å²) in [7, 11) is 0. The summed E-state index contributed by atoms with van der Waals surface area (Å²) < 4.78 is 0. The van der Waals surface area contributed by atoms with Gasteiger partial charge in [-0.15, -0.1) is 0 Å². The molecule has 1 saturated carbocycles.